The molecular weight excluding hydrogens is 398 g/mol. The van der Waals surface area contributed by atoms with E-state index < -0.39 is 5.97 Å². The van der Waals surface area contributed by atoms with Gasteiger partial charge in [0.05, 0.1) is 60.3 Å². The largest absolute Gasteiger partial charge is 0.477 e. The molecule has 1 N–H and O–H groups in total. The number of likely N-dealkylation sites (N-methyl/N-ethyl adjacent to an activating group) is 1. The lowest BCUT2D eigenvalue weighted by molar-refractivity contribution is -0.883. The van der Waals surface area contributed by atoms with Crippen LogP contribution in [0, 0.1) is 0 Å². The first-order chi connectivity index (χ1) is 15.0. The fourth-order valence-electron chi connectivity index (χ4n) is 3.21. The summed E-state index contributed by atoms with van der Waals surface area (Å²) in [4.78, 5) is 10.7. The van der Waals surface area contributed by atoms with E-state index in [0.29, 0.717) is 57.3 Å². The van der Waals surface area contributed by atoms with Crippen LogP contribution in [0.15, 0.2) is 0 Å². The maximum absolute atomic E-state index is 10.7. The van der Waals surface area contributed by atoms with Crippen molar-refractivity contribution in [1.29, 1.82) is 0 Å². The van der Waals surface area contributed by atoms with Gasteiger partial charge in [0.2, 0.25) is 0 Å². The molecule has 31 heavy (non-hydrogen) atoms. The Labute approximate surface area is 191 Å². The third kappa shape index (κ3) is 25.4. The Balaban J connectivity index is 3.13. The molecule has 0 saturated heterocycles. The van der Waals surface area contributed by atoms with E-state index in [-0.39, 0.29) is 6.54 Å². The Bertz CT molecular complexity index is 392. The molecule has 0 saturated carbocycles. The third-order valence-corrected chi connectivity index (χ3v) is 5.16. The van der Waals surface area contributed by atoms with E-state index in [1.165, 1.54) is 57.8 Å². The van der Waals surface area contributed by atoms with Crippen LogP contribution in [0.2, 0.25) is 0 Å². The van der Waals surface area contributed by atoms with E-state index in [4.69, 9.17) is 24.1 Å². The van der Waals surface area contributed by atoms with Gasteiger partial charge in [-0.2, -0.15) is 0 Å². The summed E-state index contributed by atoms with van der Waals surface area (Å²) in [5, 5.41) is 8.83. The van der Waals surface area contributed by atoms with Gasteiger partial charge in [-0.25, -0.2) is 4.79 Å². The molecule has 7 nitrogen and oxygen atoms in total. The molecule has 0 aliphatic rings. The highest BCUT2D eigenvalue weighted by molar-refractivity contribution is 5.67. The van der Waals surface area contributed by atoms with Gasteiger partial charge in [0.25, 0.3) is 0 Å². The van der Waals surface area contributed by atoms with Crippen molar-refractivity contribution in [1.82, 2.24) is 0 Å². The smallest absolute Gasteiger partial charge is 0.359 e. The molecule has 0 aromatic heterocycles. The molecule has 0 radical (unpaired) electrons. The summed E-state index contributed by atoms with van der Waals surface area (Å²) < 4.78 is 22.5. The lowest BCUT2D eigenvalue weighted by Gasteiger charge is -2.27. The molecule has 7 heteroatoms. The second-order valence-corrected chi connectivity index (χ2v) is 8.84. The fourth-order valence-corrected chi connectivity index (χ4v) is 3.21. The first-order valence-corrected chi connectivity index (χ1v) is 12.3. The van der Waals surface area contributed by atoms with E-state index in [0.717, 1.165) is 13.0 Å². The number of rotatable bonds is 25. The molecule has 0 bridgehead atoms. The quantitative estimate of drug-likeness (QED) is 0.167. The van der Waals surface area contributed by atoms with E-state index in [1.54, 1.807) is 0 Å². The van der Waals surface area contributed by atoms with Crippen LogP contribution in [0.1, 0.15) is 71.1 Å². The molecule has 0 rings (SSSR count). The minimum Gasteiger partial charge on any atom is -0.477 e. The van der Waals surface area contributed by atoms with Crippen LogP contribution in [-0.4, -0.2) is 95.6 Å². The molecule has 0 aromatic carbocycles. The number of carboxylic acid groups (broad SMARTS) is 1. The Morgan fingerprint density at radius 2 is 1.00 bits per heavy atom. The highest BCUT2D eigenvalue weighted by Gasteiger charge is 2.18. The number of aliphatic carboxylic acids is 1. The van der Waals surface area contributed by atoms with Gasteiger partial charge in [0.1, 0.15) is 6.54 Å². The lowest BCUT2D eigenvalue weighted by atomic mass is 10.1. The van der Waals surface area contributed by atoms with E-state index >= 15 is 0 Å². The van der Waals surface area contributed by atoms with Crippen molar-refractivity contribution in [3.63, 3.8) is 0 Å². The third-order valence-electron chi connectivity index (χ3n) is 5.16. The number of ether oxygens (including phenoxy) is 4. The van der Waals surface area contributed by atoms with Crippen molar-refractivity contribution in [2.75, 3.05) is 80.0 Å². The number of carbonyl (C=O) groups is 1. The number of nitrogens with zero attached hydrogens (tertiary/aromatic N) is 1. The lowest BCUT2D eigenvalue weighted by Crippen LogP contribution is -2.46. The molecule has 0 aliphatic carbocycles. The van der Waals surface area contributed by atoms with Gasteiger partial charge in [-0.3, -0.25) is 0 Å². The SMILES string of the molecule is CCCCCCCCCCCCOCCOCCOCCOCC[N+](C)(C)CC(=O)O. The summed E-state index contributed by atoms with van der Waals surface area (Å²) in [5.74, 6) is -0.794. The summed E-state index contributed by atoms with van der Waals surface area (Å²) in [6.07, 6.45) is 13.4. The van der Waals surface area contributed by atoms with Gasteiger partial charge < -0.3 is 28.5 Å². The molecule has 0 atom stereocenters. The average molecular weight is 449 g/mol. The summed E-state index contributed by atoms with van der Waals surface area (Å²) in [7, 11) is 3.76. The summed E-state index contributed by atoms with van der Waals surface area (Å²) in [6, 6.07) is 0. The molecular formula is C24H50NO6+. The predicted molar refractivity (Wildman–Crippen MR) is 125 cm³/mol. The minimum atomic E-state index is -0.794. The van der Waals surface area contributed by atoms with Crippen LogP contribution in [-0.2, 0) is 23.7 Å². The maximum atomic E-state index is 10.7. The topological polar surface area (TPSA) is 74.2 Å². The van der Waals surface area contributed by atoms with Gasteiger partial charge in [-0.15, -0.1) is 0 Å². The normalized spacial score (nSPS) is 11.8. The van der Waals surface area contributed by atoms with Crippen LogP contribution in [0.4, 0.5) is 0 Å². The standard InChI is InChI=1S/C24H49NO6/c1-4-5-6-7-8-9-10-11-12-13-15-28-17-19-30-21-22-31-20-18-29-16-14-25(2,3)23-24(26)27/h4-23H2,1-3H3/p+1. The van der Waals surface area contributed by atoms with Crippen molar-refractivity contribution in [3.05, 3.63) is 0 Å². The van der Waals surface area contributed by atoms with Crippen molar-refractivity contribution in [3.8, 4) is 0 Å². The minimum absolute atomic E-state index is 0.0974. The van der Waals surface area contributed by atoms with Crippen molar-refractivity contribution >= 4 is 5.97 Å². The Morgan fingerprint density at radius 1 is 0.613 bits per heavy atom. The van der Waals surface area contributed by atoms with Crippen LogP contribution in [0.3, 0.4) is 0 Å². The summed E-state index contributed by atoms with van der Waals surface area (Å²) >= 11 is 0. The van der Waals surface area contributed by atoms with E-state index in [9.17, 15) is 4.79 Å². The Morgan fingerprint density at radius 3 is 1.45 bits per heavy atom. The van der Waals surface area contributed by atoms with Gasteiger partial charge in [0, 0.05) is 6.61 Å². The van der Waals surface area contributed by atoms with Gasteiger partial charge in [-0.1, -0.05) is 64.7 Å². The first-order valence-electron chi connectivity index (χ1n) is 12.3. The molecule has 0 aromatic rings. The van der Waals surface area contributed by atoms with Crippen LogP contribution in [0.5, 0.6) is 0 Å². The molecule has 186 valence electrons. The number of quaternary nitrogens is 1. The van der Waals surface area contributed by atoms with E-state index in [1.807, 2.05) is 14.1 Å². The highest BCUT2D eigenvalue weighted by atomic mass is 16.6. The number of hydrogen-bond acceptors (Lipinski definition) is 5. The molecule has 0 amide bonds. The molecule has 0 spiro atoms. The van der Waals surface area contributed by atoms with Gasteiger partial charge >= 0.3 is 5.97 Å². The van der Waals surface area contributed by atoms with Gasteiger partial charge in [-0.05, 0) is 6.42 Å². The zero-order chi connectivity index (χ0) is 23.0. The Hall–Kier alpha value is -0.730. The number of carboxylic acids is 1. The van der Waals surface area contributed by atoms with Crippen molar-refractivity contribution < 1.29 is 33.3 Å². The number of unbranched alkanes of at least 4 members (excludes halogenated alkanes) is 9. The van der Waals surface area contributed by atoms with Crippen molar-refractivity contribution in [2.45, 2.75) is 71.1 Å². The van der Waals surface area contributed by atoms with Crippen LogP contribution >= 0.6 is 0 Å². The predicted octanol–water partition coefficient (Wildman–Crippen LogP) is 4.13. The average Bonchev–Trinajstić information content (AvgIpc) is 2.70. The highest BCUT2D eigenvalue weighted by Crippen LogP contribution is 2.10. The maximum Gasteiger partial charge on any atom is 0.359 e. The second-order valence-electron chi connectivity index (χ2n) is 8.84. The van der Waals surface area contributed by atoms with Crippen LogP contribution in [0.25, 0.3) is 0 Å². The Kier molecular flexibility index (Phi) is 21.9. The second kappa shape index (κ2) is 22.5. The van der Waals surface area contributed by atoms with Crippen molar-refractivity contribution in [2.24, 2.45) is 0 Å². The van der Waals surface area contributed by atoms with E-state index in [2.05, 4.69) is 6.92 Å². The molecule has 0 heterocycles. The molecule has 0 unspecified atom stereocenters. The monoisotopic (exact) mass is 448 g/mol. The zero-order valence-corrected chi connectivity index (χ0v) is 20.6. The summed E-state index contributed by atoms with van der Waals surface area (Å²) in [6.45, 7) is 7.76. The zero-order valence-electron chi connectivity index (χ0n) is 20.6. The van der Waals surface area contributed by atoms with Crippen LogP contribution < -0.4 is 0 Å². The first kappa shape index (κ1) is 30.3. The van der Waals surface area contributed by atoms with Gasteiger partial charge in [0.15, 0.2) is 6.54 Å². The molecule has 0 fully saturated rings. The fraction of sp³-hybridized carbons (Fsp3) is 0.958. The number of hydrogen-bond donors (Lipinski definition) is 1. The molecule has 0 aliphatic heterocycles. The summed E-state index contributed by atoms with van der Waals surface area (Å²) in [5.41, 5.74) is 0.